The molecule has 0 radical (unpaired) electrons. The van der Waals surface area contributed by atoms with Gasteiger partial charge in [0.2, 0.25) is 5.91 Å². The third-order valence-corrected chi connectivity index (χ3v) is 7.42. The maximum atomic E-state index is 13.9. The van der Waals surface area contributed by atoms with Crippen LogP contribution in [0.4, 0.5) is 4.39 Å². The van der Waals surface area contributed by atoms with Crippen molar-refractivity contribution >= 4 is 11.8 Å². The van der Waals surface area contributed by atoms with E-state index in [0.29, 0.717) is 24.6 Å². The van der Waals surface area contributed by atoms with E-state index in [2.05, 4.69) is 23.4 Å². The molecule has 1 aromatic heterocycles. The predicted octanol–water partition coefficient (Wildman–Crippen LogP) is 3.86. The number of piperidine rings is 1. The number of halogens is 1. The normalized spacial score (nSPS) is 25.9. The van der Waals surface area contributed by atoms with Gasteiger partial charge in [0.05, 0.1) is 17.4 Å². The Kier molecular flexibility index (Phi) is 5.30. The number of carbonyl (C=O) groups is 2. The summed E-state index contributed by atoms with van der Waals surface area (Å²) >= 11 is 0. The molecule has 0 N–H and O–H groups in total. The van der Waals surface area contributed by atoms with Crippen molar-refractivity contribution in [1.82, 2.24) is 19.4 Å². The van der Waals surface area contributed by atoms with Gasteiger partial charge in [-0.05, 0) is 63.6 Å². The molecule has 5 rings (SSSR count). The van der Waals surface area contributed by atoms with E-state index in [4.69, 9.17) is 0 Å². The molecule has 2 saturated heterocycles. The van der Waals surface area contributed by atoms with Crippen LogP contribution in [0.2, 0.25) is 0 Å². The van der Waals surface area contributed by atoms with E-state index in [0.717, 1.165) is 31.6 Å². The molecule has 0 unspecified atom stereocenters. The van der Waals surface area contributed by atoms with Crippen LogP contribution in [0.25, 0.3) is 0 Å². The minimum absolute atomic E-state index is 0.158. The highest BCUT2D eigenvalue weighted by atomic mass is 19.1. The van der Waals surface area contributed by atoms with Crippen molar-refractivity contribution in [1.29, 1.82) is 0 Å². The second kappa shape index (κ2) is 8.01. The van der Waals surface area contributed by atoms with Crippen LogP contribution in [0.5, 0.6) is 0 Å². The van der Waals surface area contributed by atoms with Crippen LogP contribution in [-0.4, -0.2) is 57.3 Å². The summed E-state index contributed by atoms with van der Waals surface area (Å²) in [4.78, 5) is 35.6. The van der Waals surface area contributed by atoms with E-state index in [1.807, 2.05) is 17.4 Å². The standard InChI is InChI=1S/C25H31FN4O2/c1-17(2)30-14-22(27-16-30)21-13-29(23(31)19-5-3-6-20(26)11-19)15-25(21)9-4-10-28(24(25)32)12-18-7-8-18/h3,5-6,11,14,16-18,21H,4,7-10,12-13,15H2,1-2H3/t21-,25-/m1/s1. The van der Waals surface area contributed by atoms with Gasteiger partial charge >= 0.3 is 0 Å². The Morgan fingerprint density at radius 2 is 2.12 bits per heavy atom. The lowest BCUT2D eigenvalue weighted by Crippen LogP contribution is -2.52. The van der Waals surface area contributed by atoms with Crippen molar-refractivity contribution in [2.75, 3.05) is 26.2 Å². The second-order valence-corrected chi connectivity index (χ2v) is 10.0. The Balaban J connectivity index is 1.49. The molecule has 1 aliphatic carbocycles. The molecule has 3 fully saturated rings. The van der Waals surface area contributed by atoms with Crippen LogP contribution >= 0.6 is 0 Å². The van der Waals surface area contributed by atoms with Crippen molar-refractivity contribution in [3.8, 4) is 0 Å². The maximum absolute atomic E-state index is 13.9. The van der Waals surface area contributed by atoms with Gasteiger partial charge in [-0.1, -0.05) is 6.07 Å². The molecule has 2 aromatic rings. The summed E-state index contributed by atoms with van der Waals surface area (Å²) < 4.78 is 15.8. The van der Waals surface area contributed by atoms with Crippen molar-refractivity contribution in [3.05, 3.63) is 53.9 Å². The topological polar surface area (TPSA) is 58.4 Å². The lowest BCUT2D eigenvalue weighted by Gasteiger charge is -2.42. The average molecular weight is 439 g/mol. The van der Waals surface area contributed by atoms with Crippen LogP contribution in [0.1, 0.15) is 67.5 Å². The number of hydrogen-bond donors (Lipinski definition) is 0. The molecular weight excluding hydrogens is 407 g/mol. The van der Waals surface area contributed by atoms with Gasteiger partial charge < -0.3 is 14.4 Å². The van der Waals surface area contributed by atoms with Crippen LogP contribution in [0.3, 0.4) is 0 Å². The Morgan fingerprint density at radius 1 is 1.31 bits per heavy atom. The number of rotatable bonds is 5. The molecule has 7 heteroatoms. The monoisotopic (exact) mass is 438 g/mol. The van der Waals surface area contributed by atoms with E-state index >= 15 is 0 Å². The predicted molar refractivity (Wildman–Crippen MR) is 119 cm³/mol. The summed E-state index contributed by atoms with van der Waals surface area (Å²) in [6, 6.07) is 6.08. The summed E-state index contributed by atoms with van der Waals surface area (Å²) in [6.07, 6.45) is 7.92. The molecule has 170 valence electrons. The van der Waals surface area contributed by atoms with Gasteiger partial charge in [0, 0.05) is 49.9 Å². The fourth-order valence-electron chi connectivity index (χ4n) is 5.43. The van der Waals surface area contributed by atoms with Crippen molar-refractivity contribution in [2.24, 2.45) is 11.3 Å². The minimum Gasteiger partial charge on any atom is -0.342 e. The van der Waals surface area contributed by atoms with Gasteiger partial charge in [-0.2, -0.15) is 0 Å². The summed E-state index contributed by atoms with van der Waals surface area (Å²) in [6.45, 7) is 6.60. The first kappa shape index (κ1) is 21.2. The molecular formula is C25H31FN4O2. The number of benzene rings is 1. The molecule has 0 bridgehead atoms. The SMILES string of the molecule is CC(C)n1cnc([C@H]2CN(C(=O)c3cccc(F)c3)C[C@]23CCCN(CC2CC2)C3=O)c1. The molecule has 1 aromatic carbocycles. The fourth-order valence-corrected chi connectivity index (χ4v) is 5.43. The van der Waals surface area contributed by atoms with Gasteiger partial charge in [0.15, 0.2) is 0 Å². The smallest absolute Gasteiger partial charge is 0.254 e. The number of nitrogens with zero attached hydrogens (tertiary/aromatic N) is 4. The number of aromatic nitrogens is 2. The number of hydrogen-bond acceptors (Lipinski definition) is 3. The molecule has 32 heavy (non-hydrogen) atoms. The lowest BCUT2D eigenvalue weighted by molar-refractivity contribution is -0.146. The molecule has 6 nitrogen and oxygen atoms in total. The molecule has 2 aliphatic heterocycles. The minimum atomic E-state index is -0.660. The van der Waals surface area contributed by atoms with Gasteiger partial charge in [-0.15, -0.1) is 0 Å². The van der Waals surface area contributed by atoms with E-state index in [1.165, 1.54) is 25.0 Å². The van der Waals surface area contributed by atoms with Crippen LogP contribution < -0.4 is 0 Å². The number of amides is 2. The van der Waals surface area contributed by atoms with Crippen LogP contribution in [-0.2, 0) is 4.79 Å². The average Bonchev–Trinajstić information content (AvgIpc) is 3.31. The first-order valence-electron chi connectivity index (χ1n) is 11.7. The van der Waals surface area contributed by atoms with Gasteiger partial charge in [-0.25, -0.2) is 9.37 Å². The van der Waals surface area contributed by atoms with Gasteiger partial charge in [-0.3, -0.25) is 9.59 Å². The number of imidazole rings is 1. The largest absolute Gasteiger partial charge is 0.342 e. The first-order chi connectivity index (χ1) is 15.4. The highest BCUT2D eigenvalue weighted by Crippen LogP contribution is 2.50. The van der Waals surface area contributed by atoms with Crippen molar-refractivity contribution < 1.29 is 14.0 Å². The molecule has 3 aliphatic rings. The van der Waals surface area contributed by atoms with E-state index in [1.54, 1.807) is 17.0 Å². The Hall–Kier alpha value is -2.70. The van der Waals surface area contributed by atoms with Crippen molar-refractivity contribution in [2.45, 2.75) is 51.5 Å². The number of likely N-dealkylation sites (tertiary alicyclic amines) is 2. The highest BCUT2D eigenvalue weighted by Gasteiger charge is 2.57. The fraction of sp³-hybridized carbons (Fsp3) is 0.560. The van der Waals surface area contributed by atoms with E-state index in [9.17, 15) is 14.0 Å². The van der Waals surface area contributed by atoms with Crippen molar-refractivity contribution in [3.63, 3.8) is 0 Å². The lowest BCUT2D eigenvalue weighted by atomic mass is 9.70. The third-order valence-electron chi connectivity index (χ3n) is 7.42. The van der Waals surface area contributed by atoms with E-state index < -0.39 is 11.2 Å². The summed E-state index contributed by atoms with van der Waals surface area (Å²) in [5.41, 5.74) is 0.535. The Bertz CT molecular complexity index is 1030. The quantitative estimate of drug-likeness (QED) is 0.712. The molecule has 1 spiro atoms. The zero-order valence-electron chi connectivity index (χ0n) is 18.8. The van der Waals surface area contributed by atoms with E-state index in [-0.39, 0.29) is 23.8 Å². The summed E-state index contributed by atoms with van der Waals surface area (Å²) in [5.74, 6) is -0.0222. The van der Waals surface area contributed by atoms with Gasteiger partial charge in [0.25, 0.3) is 5.91 Å². The molecule has 3 heterocycles. The van der Waals surface area contributed by atoms with Crippen LogP contribution in [0.15, 0.2) is 36.8 Å². The maximum Gasteiger partial charge on any atom is 0.254 e. The summed E-state index contributed by atoms with van der Waals surface area (Å²) in [7, 11) is 0. The van der Waals surface area contributed by atoms with Gasteiger partial charge in [0.1, 0.15) is 5.82 Å². The Labute approximate surface area is 188 Å². The molecule has 1 saturated carbocycles. The zero-order chi connectivity index (χ0) is 22.5. The Morgan fingerprint density at radius 3 is 2.81 bits per heavy atom. The molecule has 2 atom stereocenters. The number of carbonyl (C=O) groups excluding carboxylic acids is 2. The van der Waals surface area contributed by atoms with Crippen LogP contribution in [0, 0.1) is 17.2 Å². The third kappa shape index (κ3) is 3.71. The highest BCUT2D eigenvalue weighted by molar-refractivity contribution is 5.96. The zero-order valence-corrected chi connectivity index (χ0v) is 18.8. The summed E-state index contributed by atoms with van der Waals surface area (Å²) in [5, 5.41) is 0. The molecule has 2 amide bonds. The second-order valence-electron chi connectivity index (χ2n) is 10.0. The first-order valence-corrected chi connectivity index (χ1v) is 11.7.